The lowest BCUT2D eigenvalue weighted by Crippen LogP contribution is -2.19. The van der Waals surface area contributed by atoms with E-state index in [0.717, 1.165) is 65.7 Å². The molecule has 0 spiro atoms. The number of fused-ring (bicyclic) bond motifs is 2. The zero-order valence-corrected chi connectivity index (χ0v) is 34.4. The van der Waals surface area contributed by atoms with Crippen molar-refractivity contribution in [2.75, 3.05) is 10.6 Å². The molecule has 4 heterocycles. The van der Waals surface area contributed by atoms with Gasteiger partial charge >= 0.3 is 0 Å². The SMILES string of the molecule is CC(=O)NCc1cc(Oc2ccc3c(c2)nc(Nc2ccc(Br)cc2)n3C)ccn1.Cn1c(Nc2ccc(Br)cc2)nc2cc(Oc3ccnc(CN)c3)ccc21. The molecule has 0 aliphatic heterocycles. The van der Waals surface area contributed by atoms with Crippen molar-refractivity contribution >= 4 is 83.1 Å². The van der Waals surface area contributed by atoms with Crippen LogP contribution in [0.2, 0.25) is 0 Å². The Labute approximate surface area is 345 Å². The highest BCUT2D eigenvalue weighted by molar-refractivity contribution is 9.10. The minimum atomic E-state index is -0.101. The summed E-state index contributed by atoms with van der Waals surface area (Å²) >= 11 is 6.89. The van der Waals surface area contributed by atoms with E-state index in [1.807, 2.05) is 120 Å². The van der Waals surface area contributed by atoms with E-state index in [9.17, 15) is 4.79 Å². The van der Waals surface area contributed by atoms with Gasteiger partial charge in [0.15, 0.2) is 0 Å². The summed E-state index contributed by atoms with van der Waals surface area (Å²) in [4.78, 5) is 28.9. The Morgan fingerprint density at radius 1 is 0.632 bits per heavy atom. The van der Waals surface area contributed by atoms with Crippen LogP contribution in [-0.4, -0.2) is 35.0 Å². The number of imidazole rings is 2. The number of halogens is 2. The molecule has 0 aliphatic carbocycles. The van der Waals surface area contributed by atoms with Gasteiger partial charge in [-0.2, -0.15) is 0 Å². The van der Waals surface area contributed by atoms with Gasteiger partial charge in [0, 0.05) is 84.5 Å². The number of aryl methyl sites for hydroxylation is 2. The number of hydrogen-bond donors (Lipinski definition) is 4. The monoisotopic (exact) mass is 888 g/mol. The number of nitrogens with two attached hydrogens (primary N) is 1. The lowest BCUT2D eigenvalue weighted by atomic mass is 10.3. The topological polar surface area (TPSA) is 159 Å². The van der Waals surface area contributed by atoms with Gasteiger partial charge in [0.05, 0.1) is 40.0 Å². The van der Waals surface area contributed by atoms with Crippen LogP contribution in [0.3, 0.4) is 0 Å². The molecule has 15 heteroatoms. The first-order valence-electron chi connectivity index (χ1n) is 17.8. The normalized spacial score (nSPS) is 10.8. The van der Waals surface area contributed by atoms with E-state index < -0.39 is 0 Å². The quantitative estimate of drug-likeness (QED) is 0.0986. The van der Waals surface area contributed by atoms with Crippen LogP contribution < -0.4 is 31.2 Å². The molecule has 0 unspecified atom stereocenters. The lowest BCUT2D eigenvalue weighted by Gasteiger charge is -2.08. The second-order valence-electron chi connectivity index (χ2n) is 12.8. The van der Waals surface area contributed by atoms with Crippen LogP contribution in [0.4, 0.5) is 23.3 Å². The molecular weight excluding hydrogens is 852 g/mol. The van der Waals surface area contributed by atoms with Crippen molar-refractivity contribution in [2.24, 2.45) is 19.8 Å². The largest absolute Gasteiger partial charge is 0.457 e. The van der Waals surface area contributed by atoms with E-state index in [0.29, 0.717) is 36.1 Å². The van der Waals surface area contributed by atoms with Gasteiger partial charge in [0.25, 0.3) is 0 Å². The molecule has 0 aliphatic rings. The predicted molar refractivity (Wildman–Crippen MR) is 230 cm³/mol. The third-order valence-corrected chi connectivity index (χ3v) is 9.74. The van der Waals surface area contributed by atoms with Gasteiger partial charge in [-0.3, -0.25) is 14.8 Å². The maximum atomic E-state index is 11.1. The molecule has 8 rings (SSSR count). The fourth-order valence-corrected chi connectivity index (χ4v) is 6.30. The molecule has 0 saturated carbocycles. The molecule has 0 fully saturated rings. The number of carbonyl (C=O) groups excluding carboxylic acids is 1. The summed E-state index contributed by atoms with van der Waals surface area (Å²) in [6.45, 7) is 2.21. The lowest BCUT2D eigenvalue weighted by molar-refractivity contribution is -0.119. The number of nitrogens with one attached hydrogen (secondary N) is 3. The number of aromatic nitrogens is 6. The number of anilines is 4. The summed E-state index contributed by atoms with van der Waals surface area (Å²) < 4.78 is 18.0. The summed E-state index contributed by atoms with van der Waals surface area (Å²) in [5.41, 5.74) is 12.7. The maximum absolute atomic E-state index is 11.1. The van der Waals surface area contributed by atoms with Crippen molar-refractivity contribution in [1.29, 1.82) is 0 Å². The molecule has 57 heavy (non-hydrogen) atoms. The number of carbonyl (C=O) groups is 1. The highest BCUT2D eigenvalue weighted by atomic mass is 79.9. The van der Waals surface area contributed by atoms with E-state index in [4.69, 9.17) is 25.2 Å². The fourth-order valence-electron chi connectivity index (χ4n) is 5.77. The first-order chi connectivity index (χ1) is 27.6. The standard InChI is InChI=1S/C22H20BrN5O2.C20H18BrN5O/c1-14(29)25-13-17-11-19(9-10-24-17)30-18-7-8-21-20(12-18)27-22(28(21)2)26-16-5-3-15(23)4-6-16;1-26-19-7-6-16(27-17-8-9-23-15(10-17)12-22)11-18(19)25-20(26)24-14-4-2-13(21)3-5-14/h3-12H,13H2,1-2H3,(H,25,29)(H,26,27);2-11H,12,22H2,1H3,(H,24,25). The molecule has 8 aromatic rings. The van der Waals surface area contributed by atoms with Gasteiger partial charge in [-0.25, -0.2) is 9.97 Å². The van der Waals surface area contributed by atoms with E-state index in [1.165, 1.54) is 6.92 Å². The molecule has 0 radical (unpaired) electrons. The van der Waals surface area contributed by atoms with Crippen LogP contribution in [0.5, 0.6) is 23.0 Å². The first kappa shape index (κ1) is 39.0. The number of benzene rings is 4. The second-order valence-corrected chi connectivity index (χ2v) is 14.7. The summed E-state index contributed by atoms with van der Waals surface area (Å²) in [5.74, 6) is 4.14. The molecule has 0 atom stereocenters. The van der Waals surface area contributed by atoms with Crippen LogP contribution >= 0.6 is 31.9 Å². The van der Waals surface area contributed by atoms with Gasteiger partial charge in [-0.15, -0.1) is 0 Å². The van der Waals surface area contributed by atoms with Crippen LogP contribution in [0.1, 0.15) is 18.3 Å². The highest BCUT2D eigenvalue weighted by Crippen LogP contribution is 2.30. The van der Waals surface area contributed by atoms with Gasteiger partial charge in [-0.05, 0) is 84.9 Å². The minimum absolute atomic E-state index is 0.101. The molecule has 0 saturated heterocycles. The van der Waals surface area contributed by atoms with Crippen molar-refractivity contribution in [3.05, 3.63) is 142 Å². The molecule has 0 bridgehead atoms. The number of nitrogens with zero attached hydrogens (tertiary/aromatic N) is 6. The molecular formula is C42H38Br2N10O3. The third-order valence-electron chi connectivity index (χ3n) is 8.68. The zero-order chi connectivity index (χ0) is 39.9. The van der Waals surface area contributed by atoms with Gasteiger partial charge in [-0.1, -0.05) is 31.9 Å². The second kappa shape index (κ2) is 17.7. The number of pyridine rings is 2. The van der Waals surface area contributed by atoms with E-state index in [2.05, 4.69) is 57.8 Å². The van der Waals surface area contributed by atoms with Crippen LogP contribution in [0.25, 0.3) is 22.1 Å². The average molecular weight is 891 g/mol. The molecule has 4 aromatic heterocycles. The van der Waals surface area contributed by atoms with Gasteiger partial charge in [0.1, 0.15) is 23.0 Å². The number of hydrogen-bond acceptors (Lipinski definition) is 10. The Balaban J connectivity index is 0.000000175. The summed E-state index contributed by atoms with van der Waals surface area (Å²) in [5, 5.41) is 9.41. The zero-order valence-electron chi connectivity index (χ0n) is 31.2. The first-order valence-corrected chi connectivity index (χ1v) is 19.4. The Hall–Kier alpha value is -6.29. The molecule has 1 amide bonds. The van der Waals surface area contributed by atoms with Gasteiger partial charge in [0.2, 0.25) is 17.8 Å². The Morgan fingerprint density at radius 3 is 1.53 bits per heavy atom. The minimum Gasteiger partial charge on any atom is -0.457 e. The average Bonchev–Trinajstić information content (AvgIpc) is 3.69. The Bertz CT molecular complexity index is 2660. The van der Waals surface area contributed by atoms with Gasteiger partial charge < -0.3 is 40.3 Å². The van der Waals surface area contributed by atoms with Crippen LogP contribution in [0, 0.1) is 0 Å². The molecule has 4 aromatic carbocycles. The smallest absolute Gasteiger partial charge is 0.217 e. The van der Waals surface area contributed by atoms with Crippen molar-refractivity contribution in [1.82, 2.24) is 34.4 Å². The predicted octanol–water partition coefficient (Wildman–Crippen LogP) is 9.63. The van der Waals surface area contributed by atoms with Crippen LogP contribution in [0.15, 0.2) is 131 Å². The number of rotatable bonds is 11. The summed E-state index contributed by atoms with van der Waals surface area (Å²) in [6, 6.07) is 34.7. The van der Waals surface area contributed by atoms with Crippen LogP contribution in [-0.2, 0) is 32.0 Å². The summed E-state index contributed by atoms with van der Waals surface area (Å²) in [7, 11) is 3.95. The van der Waals surface area contributed by atoms with Crippen molar-refractivity contribution in [3.8, 4) is 23.0 Å². The number of ether oxygens (including phenoxy) is 2. The van der Waals surface area contributed by atoms with E-state index in [1.54, 1.807) is 24.5 Å². The number of amides is 1. The van der Waals surface area contributed by atoms with E-state index in [-0.39, 0.29) is 5.91 Å². The highest BCUT2D eigenvalue weighted by Gasteiger charge is 2.12. The summed E-state index contributed by atoms with van der Waals surface area (Å²) in [6.07, 6.45) is 3.35. The van der Waals surface area contributed by atoms with Crippen molar-refractivity contribution in [2.45, 2.75) is 20.0 Å². The maximum Gasteiger partial charge on any atom is 0.217 e. The molecule has 288 valence electrons. The molecule has 5 N–H and O–H groups in total. The third kappa shape index (κ3) is 9.94. The fraction of sp³-hybridized carbons (Fsp3) is 0.119. The van der Waals surface area contributed by atoms with Crippen molar-refractivity contribution < 1.29 is 14.3 Å². The molecule has 13 nitrogen and oxygen atoms in total. The van der Waals surface area contributed by atoms with Crippen molar-refractivity contribution in [3.63, 3.8) is 0 Å². The Kier molecular flexibility index (Phi) is 12.1. The van der Waals surface area contributed by atoms with E-state index >= 15 is 0 Å². The Morgan fingerprint density at radius 2 is 1.07 bits per heavy atom.